The second-order valence-electron chi connectivity index (χ2n) is 3.01. The number of nitrogens with two attached hydrogens (primary N) is 1. The average Bonchev–Trinajstić information content (AvgIpc) is 2.67. The highest BCUT2D eigenvalue weighted by atomic mass is 32.1. The molecule has 0 aliphatic rings. The zero-order valence-corrected chi connectivity index (χ0v) is 9.09. The predicted octanol–water partition coefficient (Wildman–Crippen LogP) is 0.704. The fourth-order valence-electron chi connectivity index (χ4n) is 1.19. The molecule has 0 aliphatic heterocycles. The molecule has 0 saturated heterocycles. The summed E-state index contributed by atoms with van der Waals surface area (Å²) in [7, 11) is 1.70. The molecule has 6 heteroatoms. The van der Waals surface area contributed by atoms with Gasteiger partial charge in [-0.2, -0.15) is 0 Å². The fourth-order valence-corrected chi connectivity index (χ4v) is 1.69. The molecule has 0 spiro atoms. The third kappa shape index (κ3) is 3.99. The van der Waals surface area contributed by atoms with Crippen molar-refractivity contribution in [3.8, 4) is 0 Å². The first-order valence-corrected chi connectivity index (χ1v) is 5.37. The number of ether oxygens (including phenoxy) is 1. The molecular formula is C8H16N4OS. The van der Waals surface area contributed by atoms with Crippen molar-refractivity contribution in [2.75, 3.05) is 25.6 Å². The first-order valence-electron chi connectivity index (χ1n) is 4.59. The van der Waals surface area contributed by atoms with Crippen molar-refractivity contribution in [3.05, 3.63) is 6.20 Å². The maximum Gasteiger partial charge on any atom is 0.130 e. The van der Waals surface area contributed by atoms with Crippen LogP contribution < -0.4 is 11.1 Å². The lowest BCUT2D eigenvalue weighted by atomic mass is 10.1. The summed E-state index contributed by atoms with van der Waals surface area (Å²) < 4.78 is 8.89. The third-order valence-corrected chi connectivity index (χ3v) is 2.43. The van der Waals surface area contributed by atoms with E-state index in [1.165, 1.54) is 11.5 Å². The van der Waals surface area contributed by atoms with E-state index in [-0.39, 0.29) is 0 Å². The van der Waals surface area contributed by atoms with Crippen molar-refractivity contribution in [2.24, 2.45) is 5.73 Å². The highest BCUT2D eigenvalue weighted by molar-refractivity contribution is 7.09. The number of nitrogens with zero attached hydrogens (tertiary/aromatic N) is 2. The van der Waals surface area contributed by atoms with Crippen LogP contribution in [0.5, 0.6) is 0 Å². The van der Waals surface area contributed by atoms with E-state index in [0.29, 0.717) is 19.2 Å². The maximum atomic E-state index is 5.46. The molecule has 1 aromatic heterocycles. The molecule has 1 rings (SSSR count). The zero-order valence-electron chi connectivity index (χ0n) is 8.27. The number of anilines is 1. The molecule has 14 heavy (non-hydrogen) atoms. The second-order valence-corrected chi connectivity index (χ2v) is 3.79. The van der Waals surface area contributed by atoms with Crippen LogP contribution >= 0.6 is 11.5 Å². The quantitative estimate of drug-likeness (QED) is 0.702. The van der Waals surface area contributed by atoms with Gasteiger partial charge in [-0.25, -0.2) is 0 Å². The van der Waals surface area contributed by atoms with Crippen molar-refractivity contribution in [1.82, 2.24) is 9.59 Å². The Bertz CT molecular complexity index is 229. The summed E-state index contributed by atoms with van der Waals surface area (Å²) in [5.74, 6) is 0. The predicted molar refractivity (Wildman–Crippen MR) is 57.5 cm³/mol. The summed E-state index contributed by atoms with van der Waals surface area (Å²) >= 11 is 1.35. The monoisotopic (exact) mass is 216 g/mol. The summed E-state index contributed by atoms with van der Waals surface area (Å²) in [5, 5.41) is 8.04. The van der Waals surface area contributed by atoms with Gasteiger partial charge >= 0.3 is 0 Å². The molecule has 0 amide bonds. The van der Waals surface area contributed by atoms with Crippen molar-refractivity contribution in [2.45, 2.75) is 18.9 Å². The Balaban J connectivity index is 2.34. The van der Waals surface area contributed by atoms with Gasteiger partial charge in [-0.3, -0.25) is 0 Å². The Hall–Kier alpha value is -0.720. The van der Waals surface area contributed by atoms with Crippen LogP contribution in [0.3, 0.4) is 0 Å². The van der Waals surface area contributed by atoms with Gasteiger partial charge in [0.2, 0.25) is 0 Å². The molecule has 1 atom stereocenters. The normalized spacial score (nSPS) is 12.7. The minimum atomic E-state index is 0.297. The van der Waals surface area contributed by atoms with Crippen LogP contribution in [-0.2, 0) is 4.74 Å². The number of hydrogen-bond donors (Lipinski definition) is 2. The lowest BCUT2D eigenvalue weighted by Crippen LogP contribution is -2.25. The van der Waals surface area contributed by atoms with Crippen LogP contribution in [0.2, 0.25) is 0 Å². The van der Waals surface area contributed by atoms with Gasteiger partial charge < -0.3 is 15.8 Å². The topological polar surface area (TPSA) is 73.1 Å². The van der Waals surface area contributed by atoms with Crippen LogP contribution in [0.15, 0.2) is 6.20 Å². The lowest BCUT2D eigenvalue weighted by molar-refractivity contribution is 0.182. The van der Waals surface area contributed by atoms with E-state index in [4.69, 9.17) is 10.5 Å². The van der Waals surface area contributed by atoms with Crippen molar-refractivity contribution in [3.63, 3.8) is 0 Å². The van der Waals surface area contributed by atoms with Gasteiger partial charge in [-0.15, -0.1) is 5.10 Å². The van der Waals surface area contributed by atoms with Crippen molar-refractivity contribution < 1.29 is 4.74 Å². The van der Waals surface area contributed by atoms with E-state index < -0.39 is 0 Å². The van der Waals surface area contributed by atoms with E-state index >= 15 is 0 Å². The van der Waals surface area contributed by atoms with E-state index in [1.807, 2.05) is 0 Å². The van der Waals surface area contributed by atoms with Crippen molar-refractivity contribution in [1.29, 1.82) is 0 Å². The zero-order chi connectivity index (χ0) is 10.2. The smallest absolute Gasteiger partial charge is 0.130 e. The van der Waals surface area contributed by atoms with Gasteiger partial charge in [0.25, 0.3) is 0 Å². The summed E-state index contributed by atoms with van der Waals surface area (Å²) in [4.78, 5) is 0. The van der Waals surface area contributed by atoms with E-state index in [1.54, 1.807) is 13.3 Å². The molecule has 80 valence electrons. The largest absolute Gasteiger partial charge is 0.383 e. The molecule has 0 radical (unpaired) electrons. The molecule has 3 N–H and O–H groups in total. The molecule has 1 aromatic rings. The Labute approximate surface area is 87.8 Å². The molecule has 1 heterocycles. The molecule has 0 aromatic carbocycles. The van der Waals surface area contributed by atoms with Crippen LogP contribution in [0, 0.1) is 0 Å². The first kappa shape index (κ1) is 11.4. The Morgan fingerprint density at radius 1 is 1.71 bits per heavy atom. The van der Waals surface area contributed by atoms with Gasteiger partial charge in [0.1, 0.15) is 5.00 Å². The number of nitrogens with one attached hydrogen (secondary N) is 1. The standard InChI is InChI=1S/C8H16N4OS/c1-13-6-7(3-2-4-9)11-8-5-10-12-14-8/h5,7,11H,2-4,6,9H2,1H3. The minimum Gasteiger partial charge on any atom is -0.383 e. The van der Waals surface area contributed by atoms with E-state index in [2.05, 4.69) is 14.9 Å². The number of rotatable bonds is 7. The van der Waals surface area contributed by atoms with E-state index in [9.17, 15) is 0 Å². The summed E-state index contributed by atoms with van der Waals surface area (Å²) in [6, 6.07) is 0.297. The molecule has 1 unspecified atom stereocenters. The van der Waals surface area contributed by atoms with Crippen LogP contribution in [0.25, 0.3) is 0 Å². The fraction of sp³-hybridized carbons (Fsp3) is 0.750. The number of hydrogen-bond acceptors (Lipinski definition) is 6. The minimum absolute atomic E-state index is 0.297. The molecule has 0 bridgehead atoms. The van der Waals surface area contributed by atoms with Gasteiger partial charge in [0, 0.05) is 18.6 Å². The number of methoxy groups -OCH3 is 1. The van der Waals surface area contributed by atoms with Gasteiger partial charge in [-0.05, 0) is 19.4 Å². The van der Waals surface area contributed by atoms with Crippen LogP contribution in [0.1, 0.15) is 12.8 Å². The highest BCUT2D eigenvalue weighted by Crippen LogP contribution is 2.13. The van der Waals surface area contributed by atoms with Gasteiger partial charge in [0.05, 0.1) is 18.8 Å². The van der Waals surface area contributed by atoms with Gasteiger partial charge in [-0.1, -0.05) is 4.49 Å². The molecular weight excluding hydrogens is 200 g/mol. The molecule has 0 fully saturated rings. The first-order chi connectivity index (χ1) is 6.86. The molecule has 0 aliphatic carbocycles. The Morgan fingerprint density at radius 2 is 2.57 bits per heavy atom. The van der Waals surface area contributed by atoms with Crippen molar-refractivity contribution >= 4 is 16.5 Å². The third-order valence-electron chi connectivity index (χ3n) is 1.83. The second kappa shape index (κ2) is 6.69. The number of aromatic nitrogens is 2. The highest BCUT2D eigenvalue weighted by Gasteiger charge is 2.08. The average molecular weight is 216 g/mol. The summed E-state index contributed by atoms with van der Waals surface area (Å²) in [5.41, 5.74) is 5.46. The van der Waals surface area contributed by atoms with Crippen LogP contribution in [0.4, 0.5) is 5.00 Å². The van der Waals surface area contributed by atoms with Gasteiger partial charge in [0.15, 0.2) is 0 Å². The molecule has 0 saturated carbocycles. The van der Waals surface area contributed by atoms with Crippen LogP contribution in [-0.4, -0.2) is 35.9 Å². The van der Waals surface area contributed by atoms with E-state index in [0.717, 1.165) is 17.8 Å². The Kier molecular flexibility index (Phi) is 5.43. The lowest BCUT2D eigenvalue weighted by Gasteiger charge is -2.16. The Morgan fingerprint density at radius 3 is 3.14 bits per heavy atom. The maximum absolute atomic E-state index is 5.46. The SMILES string of the molecule is COCC(CCCN)Nc1cnns1. The summed E-state index contributed by atoms with van der Waals surface area (Å²) in [6.45, 7) is 1.39. The summed E-state index contributed by atoms with van der Waals surface area (Å²) in [6.07, 6.45) is 3.71. The molecule has 5 nitrogen and oxygen atoms in total.